The predicted molar refractivity (Wildman–Crippen MR) is 73.1 cm³/mol. The summed E-state index contributed by atoms with van der Waals surface area (Å²) in [6.07, 6.45) is 3.19. The van der Waals surface area contributed by atoms with Gasteiger partial charge in [0.25, 0.3) is 0 Å². The normalized spacial score (nSPS) is 11.0. The Kier molecular flexibility index (Phi) is 5.01. The van der Waals surface area contributed by atoms with Gasteiger partial charge < -0.3 is 15.3 Å². The van der Waals surface area contributed by atoms with Gasteiger partial charge in [-0.2, -0.15) is 0 Å². The molecular weight excluding hydrogens is 260 g/mol. The second-order valence-electron chi connectivity index (χ2n) is 4.92. The number of likely N-dealkylation sites (N-methyl/N-ethyl adjacent to an activating group) is 1. The zero-order chi connectivity index (χ0) is 15.3. The molecule has 2 amide bonds. The quantitative estimate of drug-likeness (QED) is 0.844. The molecule has 7 nitrogen and oxygen atoms in total. The molecule has 0 atom stereocenters. The number of carboxylic acids is 1. The molecule has 7 heteroatoms. The highest BCUT2D eigenvalue weighted by atomic mass is 16.4. The van der Waals surface area contributed by atoms with Crippen LogP contribution in [0.15, 0.2) is 12.4 Å². The van der Waals surface area contributed by atoms with Crippen molar-refractivity contribution < 1.29 is 14.7 Å². The van der Waals surface area contributed by atoms with E-state index in [0.29, 0.717) is 12.2 Å². The van der Waals surface area contributed by atoms with E-state index in [9.17, 15) is 9.59 Å². The number of aromatic nitrogens is 2. The molecule has 0 aromatic carbocycles. The number of amides is 2. The second-order valence-corrected chi connectivity index (χ2v) is 4.92. The fraction of sp³-hybridized carbons (Fsp3) is 0.538. The molecule has 0 fully saturated rings. The van der Waals surface area contributed by atoms with Crippen LogP contribution in [-0.2, 0) is 11.3 Å². The van der Waals surface area contributed by atoms with E-state index in [0.717, 1.165) is 5.69 Å². The summed E-state index contributed by atoms with van der Waals surface area (Å²) < 4.78 is 0. The van der Waals surface area contributed by atoms with E-state index >= 15 is 0 Å². The van der Waals surface area contributed by atoms with Gasteiger partial charge in [-0.1, -0.05) is 0 Å². The van der Waals surface area contributed by atoms with Crippen molar-refractivity contribution in [2.45, 2.75) is 39.8 Å². The lowest BCUT2D eigenvalue weighted by molar-refractivity contribution is -0.147. The summed E-state index contributed by atoms with van der Waals surface area (Å²) in [5, 5.41) is 11.8. The number of aliphatic carboxylic acids is 1. The van der Waals surface area contributed by atoms with Gasteiger partial charge in [-0.15, -0.1) is 0 Å². The number of nitrogens with one attached hydrogen (secondary N) is 1. The van der Waals surface area contributed by atoms with Crippen molar-refractivity contribution in [1.29, 1.82) is 0 Å². The van der Waals surface area contributed by atoms with E-state index in [1.165, 1.54) is 18.7 Å². The number of hydrogen-bond donors (Lipinski definition) is 2. The van der Waals surface area contributed by atoms with Crippen LogP contribution >= 0.6 is 0 Å². The van der Waals surface area contributed by atoms with Gasteiger partial charge in [0.2, 0.25) is 0 Å². The highest BCUT2D eigenvalue weighted by molar-refractivity contribution is 5.85. The molecule has 1 aromatic heterocycles. The standard InChI is InChI=1S/C13H20N4O3/c1-5-17(13(3,4)11(18)19)12(20)16-8-10-7-14-9(2)6-15-10/h6-7H,5,8H2,1-4H3,(H,16,20)(H,18,19). The van der Waals surface area contributed by atoms with Gasteiger partial charge in [-0.25, -0.2) is 9.59 Å². The Hall–Kier alpha value is -2.18. The first-order chi connectivity index (χ1) is 9.28. The third-order valence-corrected chi connectivity index (χ3v) is 3.01. The minimum atomic E-state index is -1.27. The van der Waals surface area contributed by atoms with Crippen molar-refractivity contribution in [3.8, 4) is 0 Å². The summed E-state index contributed by atoms with van der Waals surface area (Å²) >= 11 is 0. The van der Waals surface area contributed by atoms with Crippen LogP contribution in [0.3, 0.4) is 0 Å². The Labute approximate surface area is 118 Å². The van der Waals surface area contributed by atoms with Crippen molar-refractivity contribution in [3.63, 3.8) is 0 Å². The van der Waals surface area contributed by atoms with Crippen LogP contribution in [0.2, 0.25) is 0 Å². The fourth-order valence-electron chi connectivity index (χ4n) is 1.68. The molecule has 0 unspecified atom stereocenters. The summed E-state index contributed by atoms with van der Waals surface area (Å²) in [6.45, 7) is 7.04. The smallest absolute Gasteiger partial charge is 0.329 e. The molecule has 1 rings (SSSR count). The maximum atomic E-state index is 12.1. The Balaban J connectivity index is 2.69. The van der Waals surface area contributed by atoms with E-state index < -0.39 is 17.5 Å². The number of hydrogen-bond acceptors (Lipinski definition) is 4. The molecule has 2 N–H and O–H groups in total. The van der Waals surface area contributed by atoms with E-state index in [4.69, 9.17) is 5.11 Å². The molecule has 0 aliphatic rings. The lowest BCUT2D eigenvalue weighted by atomic mass is 10.0. The van der Waals surface area contributed by atoms with Crippen molar-refractivity contribution in [2.24, 2.45) is 0 Å². The molecule has 20 heavy (non-hydrogen) atoms. The zero-order valence-electron chi connectivity index (χ0n) is 12.2. The van der Waals surface area contributed by atoms with Gasteiger partial charge in [0.1, 0.15) is 5.54 Å². The number of carbonyl (C=O) groups excluding carboxylic acids is 1. The van der Waals surface area contributed by atoms with E-state index in [-0.39, 0.29) is 6.54 Å². The summed E-state index contributed by atoms with van der Waals surface area (Å²) in [5.41, 5.74) is 0.146. The van der Waals surface area contributed by atoms with Gasteiger partial charge in [-0.05, 0) is 27.7 Å². The Morgan fingerprint density at radius 3 is 2.45 bits per heavy atom. The molecule has 1 heterocycles. The van der Waals surface area contributed by atoms with Crippen molar-refractivity contribution in [3.05, 3.63) is 23.8 Å². The Morgan fingerprint density at radius 2 is 2.00 bits per heavy atom. The number of carbonyl (C=O) groups is 2. The Bertz CT molecular complexity index is 485. The number of rotatable bonds is 5. The number of carboxylic acid groups (broad SMARTS) is 1. The molecular formula is C13H20N4O3. The molecule has 0 aliphatic heterocycles. The molecule has 1 aromatic rings. The molecule has 0 bridgehead atoms. The first-order valence-electron chi connectivity index (χ1n) is 6.35. The topological polar surface area (TPSA) is 95.4 Å². The lowest BCUT2D eigenvalue weighted by Gasteiger charge is -2.34. The van der Waals surface area contributed by atoms with E-state index in [1.807, 2.05) is 6.92 Å². The highest BCUT2D eigenvalue weighted by Crippen LogP contribution is 2.14. The minimum absolute atomic E-state index is 0.207. The lowest BCUT2D eigenvalue weighted by Crippen LogP contribution is -2.55. The van der Waals surface area contributed by atoms with Crippen molar-refractivity contribution in [1.82, 2.24) is 20.2 Å². The van der Waals surface area contributed by atoms with Gasteiger partial charge >= 0.3 is 12.0 Å². The van der Waals surface area contributed by atoms with E-state index in [2.05, 4.69) is 15.3 Å². The van der Waals surface area contributed by atoms with Crippen LogP contribution < -0.4 is 5.32 Å². The summed E-state index contributed by atoms with van der Waals surface area (Å²) in [6, 6.07) is -0.442. The molecule has 0 saturated heterocycles. The van der Waals surface area contributed by atoms with Crippen LogP contribution in [-0.4, -0.2) is 44.1 Å². The van der Waals surface area contributed by atoms with Crippen LogP contribution in [0.5, 0.6) is 0 Å². The van der Waals surface area contributed by atoms with Crippen LogP contribution in [0.1, 0.15) is 32.2 Å². The summed E-state index contributed by atoms with van der Waals surface area (Å²) in [7, 11) is 0. The molecule has 110 valence electrons. The maximum absolute atomic E-state index is 12.1. The van der Waals surface area contributed by atoms with Gasteiger partial charge in [-0.3, -0.25) is 9.97 Å². The first kappa shape index (κ1) is 15.9. The fourth-order valence-corrected chi connectivity index (χ4v) is 1.68. The largest absolute Gasteiger partial charge is 0.480 e. The van der Waals surface area contributed by atoms with Crippen molar-refractivity contribution in [2.75, 3.05) is 6.54 Å². The predicted octanol–water partition coefficient (Wildman–Crippen LogP) is 1.18. The average molecular weight is 280 g/mol. The number of aryl methyl sites for hydroxylation is 1. The summed E-state index contributed by atoms with van der Waals surface area (Å²) in [5.74, 6) is -1.05. The van der Waals surface area contributed by atoms with Gasteiger partial charge in [0.15, 0.2) is 0 Å². The maximum Gasteiger partial charge on any atom is 0.329 e. The van der Waals surface area contributed by atoms with Gasteiger partial charge in [0, 0.05) is 12.7 Å². The minimum Gasteiger partial charge on any atom is -0.480 e. The molecule has 0 aliphatic carbocycles. The average Bonchev–Trinajstić information content (AvgIpc) is 2.38. The number of nitrogens with zero attached hydrogens (tertiary/aromatic N) is 3. The molecule has 0 spiro atoms. The highest BCUT2D eigenvalue weighted by Gasteiger charge is 2.36. The first-order valence-corrected chi connectivity index (χ1v) is 6.35. The van der Waals surface area contributed by atoms with Gasteiger partial charge in [0.05, 0.1) is 24.1 Å². The Morgan fingerprint density at radius 1 is 1.35 bits per heavy atom. The molecule has 0 radical (unpaired) electrons. The van der Waals surface area contributed by atoms with Crippen LogP contribution in [0, 0.1) is 6.92 Å². The van der Waals surface area contributed by atoms with Crippen LogP contribution in [0.4, 0.5) is 4.79 Å². The third-order valence-electron chi connectivity index (χ3n) is 3.01. The monoisotopic (exact) mass is 280 g/mol. The number of urea groups is 1. The summed E-state index contributed by atoms with van der Waals surface area (Å²) in [4.78, 5) is 32.7. The molecule has 0 saturated carbocycles. The van der Waals surface area contributed by atoms with E-state index in [1.54, 1.807) is 19.3 Å². The third kappa shape index (κ3) is 3.66. The zero-order valence-corrected chi connectivity index (χ0v) is 12.2. The van der Waals surface area contributed by atoms with Crippen molar-refractivity contribution >= 4 is 12.0 Å². The van der Waals surface area contributed by atoms with Crippen LogP contribution in [0.25, 0.3) is 0 Å². The second kappa shape index (κ2) is 6.31. The SMILES string of the molecule is CCN(C(=O)NCc1cnc(C)cn1)C(C)(C)C(=O)O.